The van der Waals surface area contributed by atoms with E-state index in [1.807, 2.05) is 27.2 Å². The number of amides is 1. The Morgan fingerprint density at radius 3 is 1.17 bits per heavy atom. The fourth-order valence-electron chi connectivity index (χ4n) is 8.63. The molecule has 0 aromatic heterocycles. The number of quaternary nitrogens is 1. The number of aliphatic hydroxyl groups excluding tert-OH is 1. The third-order valence-corrected chi connectivity index (χ3v) is 14.1. The standard InChI is InChI=1S/C57H113N2O6P/c1-6-8-10-12-14-16-18-20-22-24-26-28-29-31-33-35-37-39-41-43-45-47-49-51-57(61)58-55(54-65-66(62,63)64-53-52-59(3,4)5)56(60)50-48-46-44-42-40-38-36-34-32-30-27-25-23-21-19-17-15-13-11-9-7-2/h24,26,48,50,55-56,60H,6-23,25,27-47,49,51-54H2,1-5H3,(H-,58,61,62,63)/p+1/b26-24-,50-48+. The van der Waals surface area contributed by atoms with Gasteiger partial charge in [0.1, 0.15) is 13.2 Å². The normalized spacial score (nSPS) is 14.1. The number of likely N-dealkylation sites (N-methyl/N-ethyl adjacent to an activating group) is 1. The van der Waals surface area contributed by atoms with Gasteiger partial charge in [-0.05, 0) is 44.9 Å². The highest BCUT2D eigenvalue weighted by molar-refractivity contribution is 7.47. The minimum absolute atomic E-state index is 0.0632. The average molecular weight is 955 g/mol. The number of phosphoric acid groups is 1. The van der Waals surface area contributed by atoms with Crippen molar-refractivity contribution in [3.63, 3.8) is 0 Å². The van der Waals surface area contributed by atoms with E-state index >= 15 is 0 Å². The second kappa shape index (κ2) is 49.0. The number of aliphatic hydroxyl groups is 1. The highest BCUT2D eigenvalue weighted by atomic mass is 31.2. The summed E-state index contributed by atoms with van der Waals surface area (Å²) in [7, 11) is 1.58. The summed E-state index contributed by atoms with van der Waals surface area (Å²) in [5.41, 5.74) is 0. The molecule has 3 unspecified atom stereocenters. The van der Waals surface area contributed by atoms with Crippen LogP contribution in [0.15, 0.2) is 24.3 Å². The summed E-state index contributed by atoms with van der Waals surface area (Å²) < 4.78 is 23.7. The first kappa shape index (κ1) is 65.0. The Morgan fingerprint density at radius 1 is 0.500 bits per heavy atom. The monoisotopic (exact) mass is 954 g/mol. The van der Waals surface area contributed by atoms with Gasteiger partial charge in [-0.15, -0.1) is 0 Å². The number of nitrogens with zero attached hydrogens (tertiary/aromatic N) is 1. The molecule has 9 heteroatoms. The van der Waals surface area contributed by atoms with Crippen LogP contribution in [0.2, 0.25) is 0 Å². The Hall–Kier alpha value is -1.02. The van der Waals surface area contributed by atoms with Crippen LogP contribution in [0.1, 0.15) is 284 Å². The summed E-state index contributed by atoms with van der Waals surface area (Å²) in [5, 5.41) is 13.9. The van der Waals surface area contributed by atoms with Gasteiger partial charge < -0.3 is 19.8 Å². The number of nitrogens with one attached hydrogen (secondary N) is 1. The molecule has 0 aliphatic heterocycles. The van der Waals surface area contributed by atoms with E-state index in [0.717, 1.165) is 32.1 Å². The number of phosphoric ester groups is 1. The molecule has 0 saturated heterocycles. The third-order valence-electron chi connectivity index (χ3n) is 13.2. The molecule has 0 aromatic carbocycles. The van der Waals surface area contributed by atoms with E-state index in [-0.39, 0.29) is 19.1 Å². The highest BCUT2D eigenvalue weighted by Crippen LogP contribution is 2.43. The van der Waals surface area contributed by atoms with Crippen molar-refractivity contribution in [1.82, 2.24) is 5.32 Å². The van der Waals surface area contributed by atoms with Crippen LogP contribution < -0.4 is 5.32 Å². The van der Waals surface area contributed by atoms with E-state index in [1.54, 1.807) is 6.08 Å². The maximum Gasteiger partial charge on any atom is 0.472 e. The van der Waals surface area contributed by atoms with Crippen LogP contribution >= 0.6 is 7.82 Å². The predicted molar refractivity (Wildman–Crippen MR) is 286 cm³/mol. The van der Waals surface area contributed by atoms with E-state index < -0.39 is 20.0 Å². The molecule has 0 rings (SSSR count). The van der Waals surface area contributed by atoms with Gasteiger partial charge in [0.25, 0.3) is 0 Å². The minimum Gasteiger partial charge on any atom is -0.387 e. The third kappa shape index (κ3) is 50.8. The molecule has 0 aromatic rings. The summed E-state index contributed by atoms with van der Waals surface area (Å²) >= 11 is 0. The zero-order chi connectivity index (χ0) is 48.5. The van der Waals surface area contributed by atoms with Gasteiger partial charge in [0.15, 0.2) is 0 Å². The lowest BCUT2D eigenvalue weighted by molar-refractivity contribution is -0.870. The molecule has 3 atom stereocenters. The molecule has 8 nitrogen and oxygen atoms in total. The van der Waals surface area contributed by atoms with E-state index in [1.165, 1.54) is 231 Å². The summed E-state index contributed by atoms with van der Waals surface area (Å²) in [6, 6.07) is -0.845. The lowest BCUT2D eigenvalue weighted by atomic mass is 10.0. The minimum atomic E-state index is -4.34. The quantitative estimate of drug-likeness (QED) is 0.0243. The van der Waals surface area contributed by atoms with E-state index in [0.29, 0.717) is 17.4 Å². The topological polar surface area (TPSA) is 105 Å². The van der Waals surface area contributed by atoms with Gasteiger partial charge >= 0.3 is 7.82 Å². The van der Waals surface area contributed by atoms with Crippen molar-refractivity contribution in [2.45, 2.75) is 296 Å². The first-order valence-electron chi connectivity index (χ1n) is 28.7. The van der Waals surface area contributed by atoms with Gasteiger partial charge in [0.05, 0.1) is 39.9 Å². The predicted octanol–water partition coefficient (Wildman–Crippen LogP) is 17.2. The number of hydrogen-bond donors (Lipinski definition) is 3. The maximum atomic E-state index is 13.0. The zero-order valence-corrected chi connectivity index (χ0v) is 45.6. The number of hydrogen-bond acceptors (Lipinski definition) is 5. The molecule has 0 spiro atoms. The SMILES string of the molecule is CCCCCCCCCC/C=C\CCCCCCCCCCCCCC(=O)NC(COP(=O)(O)OCC[N+](C)(C)C)C(O)/C=C/CCCCCCCCCCCCCCCCCCCCC. The molecule has 0 bridgehead atoms. The average Bonchev–Trinajstić information content (AvgIpc) is 3.28. The number of carbonyl (C=O) groups is 1. The van der Waals surface area contributed by atoms with Gasteiger partial charge in [-0.2, -0.15) is 0 Å². The molecular weight excluding hydrogens is 840 g/mol. The van der Waals surface area contributed by atoms with Crippen LogP contribution in [-0.4, -0.2) is 73.4 Å². The van der Waals surface area contributed by atoms with Gasteiger partial charge in [-0.1, -0.05) is 256 Å². The van der Waals surface area contributed by atoms with Crippen molar-refractivity contribution >= 4 is 13.7 Å². The Kier molecular flexibility index (Phi) is 48.2. The second-order valence-corrected chi connectivity index (χ2v) is 22.5. The van der Waals surface area contributed by atoms with Crippen LogP contribution in [0.4, 0.5) is 0 Å². The van der Waals surface area contributed by atoms with Crippen LogP contribution in [0, 0.1) is 0 Å². The van der Waals surface area contributed by atoms with Crippen LogP contribution in [0.3, 0.4) is 0 Å². The van der Waals surface area contributed by atoms with Gasteiger partial charge in [-0.3, -0.25) is 13.8 Å². The maximum absolute atomic E-state index is 13.0. The van der Waals surface area contributed by atoms with Crippen LogP contribution in [-0.2, 0) is 18.4 Å². The number of allylic oxidation sites excluding steroid dienone is 3. The molecule has 392 valence electrons. The summed E-state index contributed by atoms with van der Waals surface area (Å²) in [6.45, 7) is 4.86. The Balaban J connectivity index is 4.21. The summed E-state index contributed by atoms with van der Waals surface area (Å²) in [5.74, 6) is -0.174. The van der Waals surface area contributed by atoms with Crippen molar-refractivity contribution in [2.24, 2.45) is 0 Å². The van der Waals surface area contributed by atoms with E-state index in [9.17, 15) is 19.4 Å². The Bertz CT molecular complexity index is 1130. The first-order valence-corrected chi connectivity index (χ1v) is 30.2. The number of unbranched alkanes of at least 4 members (excludes halogenated alkanes) is 38. The molecule has 0 aliphatic rings. The largest absolute Gasteiger partial charge is 0.472 e. The van der Waals surface area contributed by atoms with Crippen LogP contribution in [0.5, 0.6) is 0 Å². The number of carbonyl (C=O) groups excluding carboxylic acids is 1. The van der Waals surface area contributed by atoms with Crippen molar-refractivity contribution < 1.29 is 32.9 Å². The molecule has 0 aliphatic carbocycles. The lowest BCUT2D eigenvalue weighted by Crippen LogP contribution is -2.45. The molecule has 0 fully saturated rings. The molecule has 0 radical (unpaired) electrons. The van der Waals surface area contributed by atoms with E-state index in [4.69, 9.17) is 9.05 Å². The molecule has 0 heterocycles. The van der Waals surface area contributed by atoms with E-state index in [2.05, 4.69) is 31.3 Å². The zero-order valence-electron chi connectivity index (χ0n) is 44.7. The summed E-state index contributed by atoms with van der Waals surface area (Å²) in [6.07, 6.45) is 61.3. The van der Waals surface area contributed by atoms with Gasteiger partial charge in [0, 0.05) is 6.42 Å². The molecule has 3 N–H and O–H groups in total. The Morgan fingerprint density at radius 2 is 0.818 bits per heavy atom. The molecule has 66 heavy (non-hydrogen) atoms. The first-order chi connectivity index (χ1) is 32.0. The highest BCUT2D eigenvalue weighted by Gasteiger charge is 2.27. The summed E-state index contributed by atoms with van der Waals surface area (Å²) in [4.78, 5) is 23.3. The molecular formula is C57H114N2O6P+. The molecule has 0 saturated carbocycles. The fourth-order valence-corrected chi connectivity index (χ4v) is 9.36. The van der Waals surface area contributed by atoms with Gasteiger partial charge in [-0.25, -0.2) is 4.57 Å². The molecule has 1 amide bonds. The van der Waals surface area contributed by atoms with Crippen LogP contribution in [0.25, 0.3) is 0 Å². The van der Waals surface area contributed by atoms with Gasteiger partial charge in [0.2, 0.25) is 5.91 Å². The number of rotatable bonds is 53. The van der Waals surface area contributed by atoms with Crippen molar-refractivity contribution in [1.29, 1.82) is 0 Å². The Labute approximate surface area is 411 Å². The lowest BCUT2D eigenvalue weighted by Gasteiger charge is -2.25. The van der Waals surface area contributed by atoms with Crippen molar-refractivity contribution in [3.8, 4) is 0 Å². The smallest absolute Gasteiger partial charge is 0.387 e. The second-order valence-electron chi connectivity index (χ2n) is 21.0. The fraction of sp³-hybridized carbons (Fsp3) is 0.912. The van der Waals surface area contributed by atoms with Crippen molar-refractivity contribution in [2.75, 3.05) is 40.9 Å². The van der Waals surface area contributed by atoms with Crippen molar-refractivity contribution in [3.05, 3.63) is 24.3 Å².